The number of aliphatic hydroxyl groups excluding tert-OH is 1. The van der Waals surface area contributed by atoms with Crippen molar-refractivity contribution in [3.63, 3.8) is 0 Å². The Morgan fingerprint density at radius 2 is 1.70 bits per heavy atom. The Morgan fingerprint density at radius 3 is 2.45 bits per heavy atom. The molecule has 1 aliphatic heterocycles. The third kappa shape index (κ3) is 2.95. The van der Waals surface area contributed by atoms with Gasteiger partial charge in [-0.15, -0.1) is 0 Å². The Hall–Kier alpha value is -1.17. The molecule has 0 atom stereocenters. The molecule has 104 valence electrons. The highest BCUT2D eigenvalue weighted by molar-refractivity contribution is 9.10. The first-order chi connectivity index (χ1) is 9.76. The average Bonchev–Trinajstić information content (AvgIpc) is 2.47. The zero-order valence-electron chi connectivity index (χ0n) is 10.6. The van der Waals surface area contributed by atoms with Gasteiger partial charge in [0.15, 0.2) is 11.5 Å². The number of ether oxygens (including phenoxy) is 2. The van der Waals surface area contributed by atoms with Crippen LogP contribution in [0.1, 0.15) is 5.56 Å². The number of benzene rings is 2. The molecule has 0 spiro atoms. The molecular weight excluding hydrogens is 340 g/mol. The molecule has 0 saturated heterocycles. The van der Waals surface area contributed by atoms with Gasteiger partial charge in [-0.2, -0.15) is 0 Å². The van der Waals surface area contributed by atoms with Crippen molar-refractivity contribution in [2.45, 2.75) is 16.4 Å². The highest BCUT2D eigenvalue weighted by atomic mass is 79.9. The second-order valence-electron chi connectivity index (χ2n) is 4.32. The SMILES string of the molecule is OCc1ccc(Sc2ccc3c(c2)OCCO3)cc1Br. The van der Waals surface area contributed by atoms with Gasteiger partial charge in [-0.25, -0.2) is 0 Å². The molecule has 2 aromatic carbocycles. The minimum absolute atomic E-state index is 0.0373. The number of rotatable bonds is 3. The molecular formula is C15H13BrO3S. The van der Waals surface area contributed by atoms with Gasteiger partial charge in [0.1, 0.15) is 13.2 Å². The van der Waals surface area contributed by atoms with E-state index < -0.39 is 0 Å². The van der Waals surface area contributed by atoms with Crippen molar-refractivity contribution in [3.8, 4) is 11.5 Å². The third-order valence-electron chi connectivity index (χ3n) is 2.94. The maximum absolute atomic E-state index is 9.16. The van der Waals surface area contributed by atoms with Crippen LogP contribution < -0.4 is 9.47 Å². The molecule has 0 saturated carbocycles. The van der Waals surface area contributed by atoms with E-state index in [-0.39, 0.29) is 6.61 Å². The van der Waals surface area contributed by atoms with Crippen LogP contribution in [0.3, 0.4) is 0 Å². The second-order valence-corrected chi connectivity index (χ2v) is 6.32. The highest BCUT2D eigenvalue weighted by Crippen LogP contribution is 2.37. The number of hydrogen-bond donors (Lipinski definition) is 1. The summed E-state index contributed by atoms with van der Waals surface area (Å²) in [4.78, 5) is 2.20. The normalized spacial score (nSPS) is 13.3. The predicted molar refractivity (Wildman–Crippen MR) is 81.6 cm³/mol. The first kappa shape index (κ1) is 13.8. The smallest absolute Gasteiger partial charge is 0.162 e. The van der Waals surface area contributed by atoms with Gasteiger partial charge in [0.25, 0.3) is 0 Å². The monoisotopic (exact) mass is 352 g/mol. The molecule has 0 radical (unpaired) electrons. The second kappa shape index (κ2) is 6.08. The van der Waals surface area contributed by atoms with Gasteiger partial charge in [0.2, 0.25) is 0 Å². The van der Waals surface area contributed by atoms with Crippen LogP contribution in [-0.2, 0) is 6.61 Å². The van der Waals surface area contributed by atoms with Crippen LogP contribution in [0.15, 0.2) is 50.7 Å². The maximum atomic E-state index is 9.16. The summed E-state index contributed by atoms with van der Waals surface area (Å²) in [6, 6.07) is 11.9. The largest absolute Gasteiger partial charge is 0.486 e. The molecule has 1 N–H and O–H groups in total. The first-order valence-electron chi connectivity index (χ1n) is 6.23. The molecule has 1 heterocycles. The number of hydrogen-bond acceptors (Lipinski definition) is 4. The van der Waals surface area contributed by atoms with Crippen molar-refractivity contribution in [2.75, 3.05) is 13.2 Å². The van der Waals surface area contributed by atoms with E-state index in [0.717, 1.165) is 31.3 Å². The van der Waals surface area contributed by atoms with Gasteiger partial charge in [0.05, 0.1) is 6.61 Å². The quantitative estimate of drug-likeness (QED) is 0.909. The van der Waals surface area contributed by atoms with E-state index in [1.54, 1.807) is 11.8 Å². The molecule has 0 aliphatic carbocycles. The molecule has 0 aromatic heterocycles. The van der Waals surface area contributed by atoms with Crippen LogP contribution in [-0.4, -0.2) is 18.3 Å². The summed E-state index contributed by atoms with van der Waals surface area (Å²) < 4.78 is 12.0. The van der Waals surface area contributed by atoms with Gasteiger partial charge < -0.3 is 14.6 Å². The summed E-state index contributed by atoms with van der Waals surface area (Å²) in [5.41, 5.74) is 0.886. The fourth-order valence-electron chi connectivity index (χ4n) is 1.94. The number of aliphatic hydroxyl groups is 1. The zero-order valence-corrected chi connectivity index (χ0v) is 13.0. The summed E-state index contributed by atoms with van der Waals surface area (Å²) in [5, 5.41) is 9.16. The van der Waals surface area contributed by atoms with Crippen molar-refractivity contribution < 1.29 is 14.6 Å². The van der Waals surface area contributed by atoms with E-state index >= 15 is 0 Å². The highest BCUT2D eigenvalue weighted by Gasteiger charge is 2.12. The molecule has 2 aromatic rings. The fraction of sp³-hybridized carbons (Fsp3) is 0.200. The van der Waals surface area contributed by atoms with Crippen LogP contribution >= 0.6 is 27.7 Å². The lowest BCUT2D eigenvalue weighted by Crippen LogP contribution is -2.15. The molecule has 3 nitrogen and oxygen atoms in total. The Bertz CT molecular complexity index is 631. The van der Waals surface area contributed by atoms with Gasteiger partial charge >= 0.3 is 0 Å². The van der Waals surface area contributed by atoms with Crippen LogP contribution in [0.5, 0.6) is 11.5 Å². The van der Waals surface area contributed by atoms with Crippen molar-refractivity contribution in [1.82, 2.24) is 0 Å². The fourth-order valence-corrected chi connectivity index (χ4v) is 3.49. The minimum atomic E-state index is 0.0373. The third-order valence-corrected chi connectivity index (χ3v) is 4.66. The van der Waals surface area contributed by atoms with Crippen molar-refractivity contribution in [3.05, 3.63) is 46.4 Å². The zero-order chi connectivity index (χ0) is 13.9. The van der Waals surface area contributed by atoms with Gasteiger partial charge in [0, 0.05) is 14.3 Å². The standard InChI is InChI=1S/C15H13BrO3S/c16-13-7-11(2-1-10(13)9-17)20-12-3-4-14-15(8-12)19-6-5-18-14/h1-4,7-8,17H,5-6,9H2. The lowest BCUT2D eigenvalue weighted by molar-refractivity contribution is 0.171. The van der Waals surface area contributed by atoms with Crippen LogP contribution in [0.4, 0.5) is 0 Å². The molecule has 20 heavy (non-hydrogen) atoms. The van der Waals surface area contributed by atoms with Crippen LogP contribution in [0.25, 0.3) is 0 Å². The molecule has 5 heteroatoms. The summed E-state index contributed by atoms with van der Waals surface area (Å²) in [6.45, 7) is 1.24. The predicted octanol–water partition coefficient (Wildman–Crippen LogP) is 3.86. The average molecular weight is 353 g/mol. The van der Waals surface area contributed by atoms with Gasteiger partial charge in [-0.05, 0) is 35.9 Å². The van der Waals surface area contributed by atoms with Gasteiger partial charge in [-0.1, -0.05) is 33.8 Å². The number of fused-ring (bicyclic) bond motifs is 1. The lowest BCUT2D eigenvalue weighted by atomic mass is 10.2. The molecule has 0 fully saturated rings. The van der Waals surface area contributed by atoms with Crippen molar-refractivity contribution in [2.24, 2.45) is 0 Å². The van der Waals surface area contributed by atoms with Crippen molar-refractivity contribution in [1.29, 1.82) is 0 Å². The Balaban J connectivity index is 1.82. The minimum Gasteiger partial charge on any atom is -0.486 e. The molecule has 3 rings (SSSR count). The van der Waals surface area contributed by atoms with E-state index in [4.69, 9.17) is 14.6 Å². The summed E-state index contributed by atoms with van der Waals surface area (Å²) >= 11 is 5.11. The molecule has 1 aliphatic rings. The van der Waals surface area contributed by atoms with E-state index in [0.29, 0.717) is 13.2 Å². The maximum Gasteiger partial charge on any atom is 0.162 e. The summed E-state index contributed by atoms with van der Waals surface area (Å²) in [6.07, 6.45) is 0. The molecule has 0 amide bonds. The lowest BCUT2D eigenvalue weighted by Gasteiger charge is -2.18. The topological polar surface area (TPSA) is 38.7 Å². The summed E-state index contributed by atoms with van der Waals surface area (Å²) in [5.74, 6) is 1.60. The molecule has 0 bridgehead atoms. The van der Waals surface area contributed by atoms with Gasteiger partial charge in [-0.3, -0.25) is 0 Å². The van der Waals surface area contributed by atoms with Crippen LogP contribution in [0.2, 0.25) is 0 Å². The summed E-state index contributed by atoms with van der Waals surface area (Å²) in [7, 11) is 0. The Labute approximate surface area is 130 Å². The van der Waals surface area contributed by atoms with E-state index in [2.05, 4.69) is 15.9 Å². The molecule has 0 unspecified atom stereocenters. The Morgan fingerprint density at radius 1 is 1.00 bits per heavy atom. The number of halogens is 1. The van der Waals surface area contributed by atoms with E-state index in [9.17, 15) is 0 Å². The Kier molecular flexibility index (Phi) is 4.19. The van der Waals surface area contributed by atoms with Crippen LogP contribution in [0, 0.1) is 0 Å². The van der Waals surface area contributed by atoms with E-state index in [1.165, 1.54) is 0 Å². The first-order valence-corrected chi connectivity index (χ1v) is 7.84. The van der Waals surface area contributed by atoms with E-state index in [1.807, 2.05) is 36.4 Å². The van der Waals surface area contributed by atoms with Crippen molar-refractivity contribution >= 4 is 27.7 Å².